The minimum atomic E-state index is -0.282. The first-order valence-electron chi connectivity index (χ1n) is 8.00. The molecule has 0 unspecified atom stereocenters. The zero-order valence-electron chi connectivity index (χ0n) is 12.9. The van der Waals surface area contributed by atoms with Crippen molar-refractivity contribution in [2.24, 2.45) is 0 Å². The van der Waals surface area contributed by atoms with Gasteiger partial charge in [0.2, 0.25) is 0 Å². The van der Waals surface area contributed by atoms with Crippen molar-refractivity contribution in [1.29, 1.82) is 0 Å². The molecular weight excluding hydrogens is 272 g/mol. The Morgan fingerprint density at radius 3 is 1.55 bits per heavy atom. The van der Waals surface area contributed by atoms with Gasteiger partial charge in [-0.1, -0.05) is 60.7 Å². The van der Waals surface area contributed by atoms with Gasteiger partial charge in [0.05, 0.1) is 6.10 Å². The molecule has 2 aromatic rings. The van der Waals surface area contributed by atoms with Gasteiger partial charge in [0.1, 0.15) is 0 Å². The molecule has 0 atom stereocenters. The number of β-amino-alcohol motifs (C(OH)–C–C–N with tert-alkyl or cyclic N) is 1. The van der Waals surface area contributed by atoms with Gasteiger partial charge in [0.15, 0.2) is 0 Å². The number of hydrogen-bond donors (Lipinski definition) is 1. The van der Waals surface area contributed by atoms with Crippen molar-refractivity contribution < 1.29 is 5.11 Å². The minimum Gasteiger partial charge on any atom is -0.390 e. The second-order valence-electron chi connectivity index (χ2n) is 6.10. The smallest absolute Gasteiger partial charge is 0.0794 e. The number of aliphatic hydroxyl groups is 1. The maximum Gasteiger partial charge on any atom is 0.0794 e. The van der Waals surface area contributed by atoms with Crippen LogP contribution in [0.25, 0.3) is 0 Å². The minimum absolute atomic E-state index is 0.282. The Labute approximate surface area is 132 Å². The van der Waals surface area contributed by atoms with E-state index in [4.69, 9.17) is 0 Å². The summed E-state index contributed by atoms with van der Waals surface area (Å²) < 4.78 is 0. The molecule has 3 rings (SSSR count). The third-order valence-electron chi connectivity index (χ3n) is 4.17. The van der Waals surface area contributed by atoms with Gasteiger partial charge in [-0.2, -0.15) is 0 Å². The number of rotatable bonds is 4. The van der Waals surface area contributed by atoms with Crippen LogP contribution >= 0.6 is 0 Å². The normalized spacial score (nSPS) is 18.2. The summed E-state index contributed by atoms with van der Waals surface area (Å²) in [6.07, 6.45) is -0.282. The van der Waals surface area contributed by atoms with E-state index in [0.717, 1.165) is 39.3 Å². The van der Waals surface area contributed by atoms with Gasteiger partial charge in [0.25, 0.3) is 0 Å². The Hall–Kier alpha value is -1.68. The summed E-state index contributed by atoms with van der Waals surface area (Å²) in [6, 6.07) is 21.0. The zero-order chi connectivity index (χ0) is 15.2. The lowest BCUT2D eigenvalue weighted by molar-refractivity contribution is 0.106. The molecule has 22 heavy (non-hydrogen) atoms. The lowest BCUT2D eigenvalue weighted by atomic mass is 10.2. The van der Waals surface area contributed by atoms with E-state index in [-0.39, 0.29) is 6.10 Å². The van der Waals surface area contributed by atoms with Gasteiger partial charge < -0.3 is 5.11 Å². The van der Waals surface area contributed by atoms with Crippen LogP contribution in [0.4, 0.5) is 0 Å². The fourth-order valence-corrected chi connectivity index (χ4v) is 3.09. The maximum atomic E-state index is 10.3. The Morgan fingerprint density at radius 2 is 1.14 bits per heavy atom. The van der Waals surface area contributed by atoms with Gasteiger partial charge in [-0.3, -0.25) is 9.80 Å². The van der Waals surface area contributed by atoms with Crippen LogP contribution in [0.3, 0.4) is 0 Å². The summed E-state index contributed by atoms with van der Waals surface area (Å²) in [7, 11) is 0. The molecule has 3 nitrogen and oxygen atoms in total. The lowest BCUT2D eigenvalue weighted by Gasteiger charge is -2.21. The molecule has 0 saturated carbocycles. The lowest BCUT2D eigenvalue weighted by Crippen LogP contribution is -2.33. The fourth-order valence-electron chi connectivity index (χ4n) is 3.09. The molecule has 0 spiro atoms. The molecule has 0 bridgehead atoms. The Balaban J connectivity index is 1.58. The molecule has 0 amide bonds. The number of aliphatic hydroxyl groups excluding tert-OH is 1. The molecule has 1 saturated heterocycles. The van der Waals surface area contributed by atoms with Crippen molar-refractivity contribution in [3.8, 4) is 0 Å². The Kier molecular flexibility index (Phi) is 5.22. The van der Waals surface area contributed by atoms with Crippen LogP contribution in [0.1, 0.15) is 11.1 Å². The van der Waals surface area contributed by atoms with Crippen molar-refractivity contribution in [3.63, 3.8) is 0 Å². The second-order valence-corrected chi connectivity index (χ2v) is 6.10. The van der Waals surface area contributed by atoms with Crippen molar-refractivity contribution >= 4 is 0 Å². The van der Waals surface area contributed by atoms with E-state index in [1.807, 2.05) is 12.1 Å². The van der Waals surface area contributed by atoms with E-state index in [1.54, 1.807) is 0 Å². The summed E-state index contributed by atoms with van der Waals surface area (Å²) in [5.74, 6) is 0. The number of hydrogen-bond acceptors (Lipinski definition) is 3. The highest BCUT2D eigenvalue weighted by atomic mass is 16.3. The molecule has 1 aliphatic heterocycles. The summed E-state index contributed by atoms with van der Waals surface area (Å²) in [4.78, 5) is 4.70. The van der Waals surface area contributed by atoms with Gasteiger partial charge in [-0.15, -0.1) is 0 Å². The number of nitrogens with zero attached hydrogens (tertiary/aromatic N) is 2. The molecular formula is C19H24N2O. The summed E-state index contributed by atoms with van der Waals surface area (Å²) in [5.41, 5.74) is 2.62. The van der Waals surface area contributed by atoms with Crippen LogP contribution < -0.4 is 0 Å². The molecule has 0 aliphatic carbocycles. The molecule has 2 aromatic carbocycles. The largest absolute Gasteiger partial charge is 0.390 e. The molecule has 0 aromatic heterocycles. The Bertz CT molecular complexity index is 507. The molecule has 116 valence electrons. The average Bonchev–Trinajstić information content (AvgIpc) is 2.70. The summed E-state index contributed by atoms with van der Waals surface area (Å²) >= 11 is 0. The topological polar surface area (TPSA) is 26.7 Å². The zero-order valence-corrected chi connectivity index (χ0v) is 12.9. The molecule has 0 radical (unpaired) electrons. The highest BCUT2D eigenvalue weighted by Gasteiger charge is 2.21. The molecule has 3 heteroatoms. The number of benzene rings is 2. The quantitative estimate of drug-likeness (QED) is 0.938. The highest BCUT2D eigenvalue weighted by Crippen LogP contribution is 2.12. The molecule has 1 N–H and O–H groups in total. The van der Waals surface area contributed by atoms with Crippen LogP contribution in [0.2, 0.25) is 0 Å². The van der Waals surface area contributed by atoms with Gasteiger partial charge in [-0.05, 0) is 11.1 Å². The van der Waals surface area contributed by atoms with Crippen molar-refractivity contribution in [1.82, 2.24) is 9.80 Å². The average molecular weight is 296 g/mol. The second kappa shape index (κ2) is 7.54. The molecule has 1 aliphatic rings. The third kappa shape index (κ3) is 4.41. The van der Waals surface area contributed by atoms with E-state index < -0.39 is 0 Å². The van der Waals surface area contributed by atoms with E-state index in [0.29, 0.717) is 0 Å². The highest BCUT2D eigenvalue weighted by molar-refractivity contribution is 5.15. The van der Waals surface area contributed by atoms with Gasteiger partial charge >= 0.3 is 0 Å². The fraction of sp³-hybridized carbons (Fsp3) is 0.368. The van der Waals surface area contributed by atoms with Crippen LogP contribution in [0.15, 0.2) is 60.7 Å². The molecule has 1 fully saturated rings. The predicted molar refractivity (Wildman–Crippen MR) is 89.4 cm³/mol. The van der Waals surface area contributed by atoms with Crippen LogP contribution in [-0.4, -0.2) is 47.2 Å². The summed E-state index contributed by atoms with van der Waals surface area (Å²) in [6.45, 7) is 5.33. The van der Waals surface area contributed by atoms with E-state index in [1.165, 1.54) is 11.1 Å². The van der Waals surface area contributed by atoms with E-state index in [2.05, 4.69) is 58.3 Å². The van der Waals surface area contributed by atoms with E-state index in [9.17, 15) is 5.11 Å². The first-order valence-corrected chi connectivity index (χ1v) is 8.00. The summed E-state index contributed by atoms with van der Waals surface area (Å²) in [5, 5.41) is 10.3. The first-order chi connectivity index (χ1) is 10.8. The van der Waals surface area contributed by atoms with Crippen LogP contribution in [0, 0.1) is 0 Å². The molecule has 1 heterocycles. The predicted octanol–water partition coefficient (Wildman–Crippen LogP) is 2.37. The maximum absolute atomic E-state index is 10.3. The van der Waals surface area contributed by atoms with Gasteiger partial charge in [-0.25, -0.2) is 0 Å². The monoisotopic (exact) mass is 296 g/mol. The SMILES string of the molecule is OC1CN(Cc2ccccc2)CCN(Cc2ccccc2)C1. The third-order valence-corrected chi connectivity index (χ3v) is 4.17. The standard InChI is InChI=1S/C19H24N2O/c22-19-15-20(13-17-7-3-1-4-8-17)11-12-21(16-19)14-18-9-5-2-6-10-18/h1-10,19,22H,11-16H2. The van der Waals surface area contributed by atoms with Gasteiger partial charge in [0, 0.05) is 39.3 Å². The van der Waals surface area contributed by atoms with Crippen molar-refractivity contribution in [2.45, 2.75) is 19.2 Å². The van der Waals surface area contributed by atoms with E-state index >= 15 is 0 Å². The first kappa shape index (κ1) is 15.2. The van der Waals surface area contributed by atoms with Crippen molar-refractivity contribution in [3.05, 3.63) is 71.8 Å². The van der Waals surface area contributed by atoms with Crippen LogP contribution in [0.5, 0.6) is 0 Å². The van der Waals surface area contributed by atoms with Crippen LogP contribution in [-0.2, 0) is 13.1 Å². The Morgan fingerprint density at radius 1 is 0.727 bits per heavy atom. The van der Waals surface area contributed by atoms with Crippen molar-refractivity contribution in [2.75, 3.05) is 26.2 Å².